The first-order chi connectivity index (χ1) is 13.5. The first-order valence-corrected chi connectivity index (χ1v) is 8.79. The zero-order chi connectivity index (χ0) is 19.9. The van der Waals surface area contributed by atoms with Crippen molar-refractivity contribution in [3.05, 3.63) is 93.7 Å². The average molecular weight is 414 g/mol. The maximum Gasteiger partial charge on any atom is 0.345 e. The van der Waals surface area contributed by atoms with Crippen molar-refractivity contribution < 1.29 is 14.3 Å². The summed E-state index contributed by atoms with van der Waals surface area (Å²) in [4.78, 5) is 28.0. The molecule has 0 aliphatic carbocycles. The van der Waals surface area contributed by atoms with Crippen LogP contribution in [0.3, 0.4) is 0 Å². The van der Waals surface area contributed by atoms with Gasteiger partial charge < -0.3 is 4.74 Å². The fraction of sp³-hybridized carbons (Fsp3) is 0. The summed E-state index contributed by atoms with van der Waals surface area (Å²) < 4.78 is 5.33. The van der Waals surface area contributed by atoms with Gasteiger partial charge in [-0.05, 0) is 48.0 Å². The van der Waals surface area contributed by atoms with E-state index in [0.717, 1.165) is 0 Å². The number of esters is 1. The second-order valence-electron chi connectivity index (χ2n) is 5.53. The van der Waals surface area contributed by atoms with Gasteiger partial charge in [-0.3, -0.25) is 9.78 Å². The highest BCUT2D eigenvalue weighted by Gasteiger charge is 2.13. The van der Waals surface area contributed by atoms with Gasteiger partial charge in [0.05, 0.1) is 22.4 Å². The summed E-state index contributed by atoms with van der Waals surface area (Å²) in [7, 11) is 0. The molecule has 0 unspecified atom stereocenters. The molecule has 2 aromatic carbocycles. The van der Waals surface area contributed by atoms with E-state index in [4.69, 9.17) is 27.9 Å². The van der Waals surface area contributed by atoms with Crippen LogP contribution in [0.1, 0.15) is 26.3 Å². The van der Waals surface area contributed by atoms with Crippen LogP contribution < -0.4 is 10.2 Å². The van der Waals surface area contributed by atoms with Gasteiger partial charge in [0.15, 0.2) is 0 Å². The van der Waals surface area contributed by atoms with E-state index in [9.17, 15) is 9.59 Å². The molecule has 3 aromatic rings. The quantitative estimate of drug-likeness (QED) is 0.291. The van der Waals surface area contributed by atoms with Crippen LogP contribution in [0.2, 0.25) is 10.0 Å². The van der Waals surface area contributed by atoms with E-state index in [-0.39, 0.29) is 16.5 Å². The predicted molar refractivity (Wildman–Crippen MR) is 107 cm³/mol. The highest BCUT2D eigenvalue weighted by molar-refractivity contribution is 6.36. The molecule has 3 rings (SSSR count). The second kappa shape index (κ2) is 9.12. The van der Waals surface area contributed by atoms with Crippen LogP contribution in [0.25, 0.3) is 0 Å². The number of carbonyl (C=O) groups is 2. The third kappa shape index (κ3) is 5.16. The second-order valence-corrected chi connectivity index (χ2v) is 6.37. The van der Waals surface area contributed by atoms with E-state index < -0.39 is 5.97 Å². The van der Waals surface area contributed by atoms with Crippen LogP contribution in [0.4, 0.5) is 0 Å². The Kier molecular flexibility index (Phi) is 6.37. The number of hydrogen-bond acceptors (Lipinski definition) is 5. The molecule has 1 amide bonds. The van der Waals surface area contributed by atoms with Gasteiger partial charge in [0, 0.05) is 17.4 Å². The van der Waals surface area contributed by atoms with E-state index in [1.807, 2.05) is 0 Å². The summed E-state index contributed by atoms with van der Waals surface area (Å²) in [6, 6.07) is 14.4. The maximum atomic E-state index is 12.3. The van der Waals surface area contributed by atoms with Gasteiger partial charge in [-0.25, -0.2) is 10.2 Å². The number of halogens is 2. The summed E-state index contributed by atoms with van der Waals surface area (Å²) in [5.41, 5.74) is 3.62. The van der Waals surface area contributed by atoms with Crippen molar-refractivity contribution >= 4 is 41.3 Å². The molecule has 0 aliphatic heterocycles. The normalized spacial score (nSPS) is 10.6. The predicted octanol–water partition coefficient (Wildman–Crippen LogP) is 4.37. The van der Waals surface area contributed by atoms with Crippen LogP contribution in [0, 0.1) is 0 Å². The molecular formula is C20H13Cl2N3O3. The zero-order valence-electron chi connectivity index (χ0n) is 14.3. The van der Waals surface area contributed by atoms with Crippen molar-refractivity contribution in [1.29, 1.82) is 0 Å². The summed E-state index contributed by atoms with van der Waals surface area (Å²) in [6.07, 6.45) is 4.44. The lowest BCUT2D eigenvalue weighted by Gasteiger charge is -2.06. The third-order valence-electron chi connectivity index (χ3n) is 3.52. The summed E-state index contributed by atoms with van der Waals surface area (Å²) in [5.74, 6) is -0.691. The van der Waals surface area contributed by atoms with Gasteiger partial charge >= 0.3 is 5.97 Å². The largest absolute Gasteiger partial charge is 0.423 e. The zero-order valence-corrected chi connectivity index (χ0v) is 15.8. The van der Waals surface area contributed by atoms with Crippen LogP contribution in [0.15, 0.2) is 72.1 Å². The number of carbonyl (C=O) groups excluding carboxylic acids is 2. The van der Waals surface area contributed by atoms with E-state index >= 15 is 0 Å². The molecule has 1 N–H and O–H groups in total. The van der Waals surface area contributed by atoms with Crippen molar-refractivity contribution in [1.82, 2.24) is 10.4 Å². The van der Waals surface area contributed by atoms with Gasteiger partial charge in [-0.1, -0.05) is 35.3 Å². The standard InChI is InChI=1S/C20H13Cl2N3O3/c21-15-6-7-17(18(22)10-15)20(27)28-16-5-1-3-13(9-16)11-24-25-19(26)14-4-2-8-23-12-14/h1-12H,(H,25,26). The highest BCUT2D eigenvalue weighted by atomic mass is 35.5. The first kappa shape index (κ1) is 19.5. The van der Waals surface area contributed by atoms with Crippen molar-refractivity contribution in [2.75, 3.05) is 0 Å². The molecule has 1 heterocycles. The number of amides is 1. The van der Waals surface area contributed by atoms with Gasteiger partial charge in [0.25, 0.3) is 5.91 Å². The number of benzene rings is 2. The molecule has 0 saturated carbocycles. The van der Waals surface area contributed by atoms with Crippen molar-refractivity contribution in [2.24, 2.45) is 5.10 Å². The summed E-state index contributed by atoms with van der Waals surface area (Å²) in [5, 5.41) is 4.52. The number of pyridine rings is 1. The van der Waals surface area contributed by atoms with Gasteiger partial charge in [0.2, 0.25) is 0 Å². The lowest BCUT2D eigenvalue weighted by atomic mass is 10.2. The Morgan fingerprint density at radius 2 is 1.93 bits per heavy atom. The van der Waals surface area contributed by atoms with Crippen LogP contribution in [-0.2, 0) is 0 Å². The molecule has 6 nitrogen and oxygen atoms in total. The number of rotatable bonds is 5. The molecule has 1 aromatic heterocycles. The minimum absolute atomic E-state index is 0.202. The maximum absolute atomic E-state index is 12.3. The summed E-state index contributed by atoms with van der Waals surface area (Å²) in [6.45, 7) is 0. The molecule has 28 heavy (non-hydrogen) atoms. The van der Waals surface area contributed by atoms with E-state index in [2.05, 4.69) is 15.5 Å². The van der Waals surface area contributed by atoms with E-state index in [1.165, 1.54) is 24.5 Å². The Labute approximate surface area is 170 Å². The number of ether oxygens (including phenoxy) is 1. The molecule has 0 radical (unpaired) electrons. The highest BCUT2D eigenvalue weighted by Crippen LogP contribution is 2.23. The molecule has 8 heteroatoms. The molecule has 0 aliphatic rings. The topological polar surface area (TPSA) is 80.6 Å². The molecule has 0 spiro atoms. The Balaban J connectivity index is 1.65. The van der Waals surface area contributed by atoms with E-state index in [1.54, 1.807) is 48.7 Å². The van der Waals surface area contributed by atoms with Crippen LogP contribution in [-0.4, -0.2) is 23.1 Å². The average Bonchev–Trinajstić information content (AvgIpc) is 2.68. The first-order valence-electron chi connectivity index (χ1n) is 8.03. The number of hydrogen-bond donors (Lipinski definition) is 1. The van der Waals surface area contributed by atoms with Gasteiger partial charge in [0.1, 0.15) is 5.75 Å². The lowest BCUT2D eigenvalue weighted by molar-refractivity contribution is 0.0734. The van der Waals surface area contributed by atoms with Crippen molar-refractivity contribution in [2.45, 2.75) is 0 Å². The number of nitrogens with one attached hydrogen (secondary N) is 1. The molecule has 0 fully saturated rings. The third-order valence-corrected chi connectivity index (χ3v) is 4.07. The fourth-order valence-electron chi connectivity index (χ4n) is 2.20. The molecule has 140 valence electrons. The van der Waals surface area contributed by atoms with Crippen LogP contribution >= 0.6 is 23.2 Å². The van der Waals surface area contributed by atoms with Gasteiger partial charge in [-0.15, -0.1) is 0 Å². The Hall–Kier alpha value is -3.22. The molecule has 0 saturated heterocycles. The van der Waals surface area contributed by atoms with Crippen molar-refractivity contribution in [3.63, 3.8) is 0 Å². The van der Waals surface area contributed by atoms with E-state index in [0.29, 0.717) is 21.9 Å². The number of nitrogens with zero attached hydrogens (tertiary/aromatic N) is 2. The molecule has 0 bridgehead atoms. The summed E-state index contributed by atoms with van der Waals surface area (Å²) >= 11 is 11.8. The Bertz CT molecular complexity index is 1040. The minimum atomic E-state index is -0.611. The Morgan fingerprint density at radius 1 is 1.07 bits per heavy atom. The smallest absolute Gasteiger partial charge is 0.345 e. The van der Waals surface area contributed by atoms with Gasteiger partial charge in [-0.2, -0.15) is 5.10 Å². The van der Waals surface area contributed by atoms with Crippen LogP contribution in [0.5, 0.6) is 5.75 Å². The SMILES string of the molecule is O=C(NN=Cc1cccc(OC(=O)c2ccc(Cl)cc2Cl)c1)c1cccnc1. The molecular weight excluding hydrogens is 401 g/mol. The number of aromatic nitrogens is 1. The lowest BCUT2D eigenvalue weighted by Crippen LogP contribution is -2.17. The fourth-order valence-corrected chi connectivity index (χ4v) is 2.69. The Morgan fingerprint density at radius 3 is 2.68 bits per heavy atom. The van der Waals surface area contributed by atoms with Crippen molar-refractivity contribution in [3.8, 4) is 5.75 Å². The molecule has 0 atom stereocenters. The monoisotopic (exact) mass is 413 g/mol. The minimum Gasteiger partial charge on any atom is -0.423 e. The number of hydrazone groups is 1.